The van der Waals surface area contributed by atoms with E-state index in [1.807, 2.05) is 10.9 Å². The molecule has 0 saturated heterocycles. The first-order valence-electron chi connectivity index (χ1n) is 6.44. The predicted octanol–water partition coefficient (Wildman–Crippen LogP) is 2.35. The Bertz CT molecular complexity index is 345. The highest BCUT2D eigenvalue weighted by Gasteiger charge is 2.34. The summed E-state index contributed by atoms with van der Waals surface area (Å²) < 4.78 is 1.98. The van der Waals surface area contributed by atoms with E-state index in [1.165, 1.54) is 24.8 Å². The molecule has 1 heterocycles. The summed E-state index contributed by atoms with van der Waals surface area (Å²) >= 11 is 0. The molecule has 2 unspecified atom stereocenters. The zero-order chi connectivity index (χ0) is 11.6. The van der Waals surface area contributed by atoms with Gasteiger partial charge in [-0.1, -0.05) is 19.8 Å². The molecule has 0 radical (unpaired) electrons. The fraction of sp³-hybridized carbons (Fsp3) is 0.769. The molecule has 90 valence electrons. The molecule has 0 aromatic carbocycles. The molecular formula is C13H23N3. The van der Waals surface area contributed by atoms with Crippen LogP contribution in [0.25, 0.3) is 0 Å². The SMILES string of the molecule is CCn1cc(CC2(N)CCCCC2C)cn1. The third kappa shape index (κ3) is 2.29. The van der Waals surface area contributed by atoms with Gasteiger partial charge >= 0.3 is 0 Å². The van der Waals surface area contributed by atoms with Crippen LogP contribution in [0, 0.1) is 5.92 Å². The Balaban J connectivity index is 2.06. The van der Waals surface area contributed by atoms with Crippen molar-refractivity contribution in [2.24, 2.45) is 11.7 Å². The quantitative estimate of drug-likeness (QED) is 0.851. The Morgan fingerprint density at radius 1 is 1.56 bits per heavy atom. The number of nitrogens with two attached hydrogens (primary N) is 1. The van der Waals surface area contributed by atoms with Gasteiger partial charge in [0.1, 0.15) is 0 Å². The normalized spacial score (nSPS) is 30.6. The molecule has 0 aliphatic heterocycles. The molecule has 0 amide bonds. The number of hydrogen-bond acceptors (Lipinski definition) is 2. The highest BCUT2D eigenvalue weighted by Crippen LogP contribution is 2.33. The van der Waals surface area contributed by atoms with E-state index < -0.39 is 0 Å². The second-order valence-electron chi connectivity index (χ2n) is 5.26. The Morgan fingerprint density at radius 2 is 2.38 bits per heavy atom. The molecule has 0 spiro atoms. The maximum absolute atomic E-state index is 6.55. The van der Waals surface area contributed by atoms with Crippen LogP contribution in [0.2, 0.25) is 0 Å². The highest BCUT2D eigenvalue weighted by atomic mass is 15.3. The minimum Gasteiger partial charge on any atom is -0.325 e. The second kappa shape index (κ2) is 4.58. The van der Waals surface area contributed by atoms with Crippen LogP contribution in [-0.2, 0) is 13.0 Å². The van der Waals surface area contributed by atoms with Crippen LogP contribution in [0.1, 0.15) is 45.1 Å². The summed E-state index contributed by atoms with van der Waals surface area (Å²) in [5.74, 6) is 0.631. The van der Waals surface area contributed by atoms with Gasteiger partial charge in [-0.25, -0.2) is 0 Å². The minimum atomic E-state index is -0.000144. The monoisotopic (exact) mass is 221 g/mol. The summed E-state index contributed by atoms with van der Waals surface area (Å²) in [7, 11) is 0. The fourth-order valence-corrected chi connectivity index (χ4v) is 2.75. The van der Waals surface area contributed by atoms with Crippen molar-refractivity contribution >= 4 is 0 Å². The molecule has 0 bridgehead atoms. The van der Waals surface area contributed by atoms with Crippen LogP contribution in [0.5, 0.6) is 0 Å². The lowest BCUT2D eigenvalue weighted by atomic mass is 9.71. The molecule has 2 rings (SSSR count). The lowest BCUT2D eigenvalue weighted by Gasteiger charge is -2.39. The molecule has 2 N–H and O–H groups in total. The van der Waals surface area contributed by atoms with Crippen molar-refractivity contribution in [3.63, 3.8) is 0 Å². The van der Waals surface area contributed by atoms with Gasteiger partial charge in [0.25, 0.3) is 0 Å². The lowest BCUT2D eigenvalue weighted by molar-refractivity contribution is 0.204. The number of nitrogens with zero attached hydrogens (tertiary/aromatic N) is 2. The first-order chi connectivity index (χ1) is 7.64. The van der Waals surface area contributed by atoms with Gasteiger partial charge in [0.15, 0.2) is 0 Å². The van der Waals surface area contributed by atoms with E-state index in [0.717, 1.165) is 19.4 Å². The summed E-state index contributed by atoms with van der Waals surface area (Å²) in [6, 6.07) is 0. The van der Waals surface area contributed by atoms with Gasteiger partial charge in [-0.15, -0.1) is 0 Å². The molecule has 1 saturated carbocycles. The number of hydrogen-bond donors (Lipinski definition) is 1. The van der Waals surface area contributed by atoms with E-state index in [4.69, 9.17) is 5.73 Å². The maximum atomic E-state index is 6.55. The average molecular weight is 221 g/mol. The summed E-state index contributed by atoms with van der Waals surface area (Å²) in [6.45, 7) is 5.34. The summed E-state index contributed by atoms with van der Waals surface area (Å²) in [4.78, 5) is 0. The molecular weight excluding hydrogens is 198 g/mol. The highest BCUT2D eigenvalue weighted by molar-refractivity contribution is 5.11. The predicted molar refractivity (Wildman–Crippen MR) is 66.2 cm³/mol. The molecule has 1 fully saturated rings. The zero-order valence-corrected chi connectivity index (χ0v) is 10.4. The van der Waals surface area contributed by atoms with Crippen molar-refractivity contribution in [3.8, 4) is 0 Å². The van der Waals surface area contributed by atoms with Gasteiger partial charge in [0.05, 0.1) is 6.20 Å². The molecule has 1 aromatic rings. The van der Waals surface area contributed by atoms with Crippen molar-refractivity contribution in [2.45, 2.75) is 58.0 Å². The second-order valence-corrected chi connectivity index (χ2v) is 5.26. The number of aromatic nitrogens is 2. The van der Waals surface area contributed by atoms with Gasteiger partial charge in [0, 0.05) is 18.3 Å². The first kappa shape index (κ1) is 11.6. The van der Waals surface area contributed by atoms with Crippen molar-refractivity contribution in [1.29, 1.82) is 0 Å². The van der Waals surface area contributed by atoms with Crippen molar-refractivity contribution in [3.05, 3.63) is 18.0 Å². The van der Waals surface area contributed by atoms with Gasteiger partial charge < -0.3 is 5.73 Å². The van der Waals surface area contributed by atoms with Gasteiger partial charge in [-0.2, -0.15) is 5.10 Å². The molecule has 1 aliphatic rings. The number of aryl methyl sites for hydroxylation is 1. The van der Waals surface area contributed by atoms with E-state index in [2.05, 4.69) is 25.1 Å². The van der Waals surface area contributed by atoms with Crippen LogP contribution < -0.4 is 5.73 Å². The minimum absolute atomic E-state index is 0.000144. The van der Waals surface area contributed by atoms with Gasteiger partial charge in [-0.05, 0) is 37.7 Å². The number of rotatable bonds is 3. The van der Waals surface area contributed by atoms with E-state index in [1.54, 1.807) is 0 Å². The molecule has 2 atom stereocenters. The lowest BCUT2D eigenvalue weighted by Crippen LogP contribution is -2.49. The first-order valence-corrected chi connectivity index (χ1v) is 6.44. The summed E-state index contributed by atoms with van der Waals surface area (Å²) in [6.07, 6.45) is 10.1. The maximum Gasteiger partial charge on any atom is 0.0522 e. The van der Waals surface area contributed by atoms with Crippen molar-refractivity contribution < 1.29 is 0 Å². The standard InChI is InChI=1S/C13H23N3/c1-3-16-10-12(9-15-16)8-13(14)7-5-4-6-11(13)2/h9-11H,3-8,14H2,1-2H3. The molecule has 3 nitrogen and oxygen atoms in total. The smallest absolute Gasteiger partial charge is 0.0522 e. The van der Waals surface area contributed by atoms with E-state index >= 15 is 0 Å². The average Bonchev–Trinajstić information content (AvgIpc) is 2.70. The zero-order valence-electron chi connectivity index (χ0n) is 10.4. The van der Waals surface area contributed by atoms with E-state index in [-0.39, 0.29) is 5.54 Å². The molecule has 16 heavy (non-hydrogen) atoms. The van der Waals surface area contributed by atoms with Crippen molar-refractivity contribution in [1.82, 2.24) is 9.78 Å². The van der Waals surface area contributed by atoms with Crippen LogP contribution in [-0.4, -0.2) is 15.3 Å². The fourth-order valence-electron chi connectivity index (χ4n) is 2.75. The Morgan fingerprint density at radius 3 is 3.00 bits per heavy atom. The topological polar surface area (TPSA) is 43.8 Å². The largest absolute Gasteiger partial charge is 0.325 e. The van der Waals surface area contributed by atoms with Crippen LogP contribution >= 0.6 is 0 Å². The Hall–Kier alpha value is -0.830. The third-order valence-corrected chi connectivity index (χ3v) is 4.05. The Labute approximate surface area is 98.0 Å². The van der Waals surface area contributed by atoms with Crippen LogP contribution in [0.15, 0.2) is 12.4 Å². The summed E-state index contributed by atoms with van der Waals surface area (Å²) in [5.41, 5.74) is 7.84. The molecule has 1 aliphatic carbocycles. The van der Waals surface area contributed by atoms with Gasteiger partial charge in [-0.3, -0.25) is 4.68 Å². The van der Waals surface area contributed by atoms with E-state index in [9.17, 15) is 0 Å². The molecule has 3 heteroatoms. The van der Waals surface area contributed by atoms with Gasteiger partial charge in [0.2, 0.25) is 0 Å². The third-order valence-electron chi connectivity index (χ3n) is 4.05. The summed E-state index contributed by atoms with van der Waals surface area (Å²) in [5, 5.41) is 4.32. The van der Waals surface area contributed by atoms with E-state index in [0.29, 0.717) is 5.92 Å². The van der Waals surface area contributed by atoms with Crippen LogP contribution in [0.3, 0.4) is 0 Å². The molecule has 1 aromatic heterocycles. The Kier molecular flexibility index (Phi) is 3.33. The van der Waals surface area contributed by atoms with Crippen molar-refractivity contribution in [2.75, 3.05) is 0 Å². The van der Waals surface area contributed by atoms with Crippen LogP contribution in [0.4, 0.5) is 0 Å².